The maximum Gasteiger partial charge on any atom is 0.165 e. The molecule has 5 nitrogen and oxygen atoms in total. The van der Waals surface area contributed by atoms with Crippen LogP contribution in [0.2, 0.25) is 0 Å². The van der Waals surface area contributed by atoms with Crippen LogP contribution in [0.15, 0.2) is 0 Å². The van der Waals surface area contributed by atoms with Gasteiger partial charge in [0.05, 0.1) is 12.6 Å². The zero-order valence-electron chi connectivity index (χ0n) is 11.4. The third-order valence-electron chi connectivity index (χ3n) is 4.34. The van der Waals surface area contributed by atoms with Crippen molar-refractivity contribution in [3.63, 3.8) is 0 Å². The third kappa shape index (κ3) is 2.71. The normalized spacial score (nSPS) is 24.3. The molecule has 2 saturated carbocycles. The Labute approximate surface area is 108 Å². The molecule has 100 valence electrons. The Bertz CT molecular complexity index is 397. The molecule has 5 heteroatoms. The molecule has 2 fully saturated rings. The van der Waals surface area contributed by atoms with E-state index in [1.54, 1.807) is 0 Å². The van der Waals surface area contributed by atoms with Gasteiger partial charge in [0.15, 0.2) is 5.82 Å². The Balaban J connectivity index is 1.62. The van der Waals surface area contributed by atoms with E-state index in [4.69, 9.17) is 0 Å². The lowest BCUT2D eigenvalue weighted by atomic mass is 9.75. The van der Waals surface area contributed by atoms with Crippen LogP contribution in [0.25, 0.3) is 0 Å². The van der Waals surface area contributed by atoms with E-state index >= 15 is 0 Å². The average molecular weight is 249 g/mol. The monoisotopic (exact) mass is 249 g/mol. The lowest BCUT2D eigenvalue weighted by Crippen LogP contribution is -2.27. The maximum atomic E-state index is 4.20. The lowest BCUT2D eigenvalue weighted by molar-refractivity contribution is 0.182. The molecule has 0 aliphatic heterocycles. The van der Waals surface area contributed by atoms with Crippen LogP contribution in [0.1, 0.15) is 64.2 Å². The molecule has 0 saturated heterocycles. The summed E-state index contributed by atoms with van der Waals surface area (Å²) in [6.45, 7) is 5.54. The fourth-order valence-electron chi connectivity index (χ4n) is 2.76. The average Bonchev–Trinajstić information content (AvgIpc) is 3.05. The summed E-state index contributed by atoms with van der Waals surface area (Å²) in [6, 6.07) is 1.21. The van der Waals surface area contributed by atoms with Crippen molar-refractivity contribution in [2.75, 3.05) is 0 Å². The van der Waals surface area contributed by atoms with E-state index in [9.17, 15) is 0 Å². The molecule has 1 aromatic heterocycles. The van der Waals surface area contributed by atoms with Gasteiger partial charge >= 0.3 is 0 Å². The lowest BCUT2D eigenvalue weighted by Gasteiger charge is -2.34. The Morgan fingerprint density at radius 1 is 1.22 bits per heavy atom. The molecule has 0 aromatic carbocycles. The van der Waals surface area contributed by atoms with Crippen molar-refractivity contribution in [2.45, 2.75) is 71.0 Å². The van der Waals surface area contributed by atoms with Crippen molar-refractivity contribution in [1.29, 1.82) is 0 Å². The molecule has 1 heterocycles. The highest BCUT2D eigenvalue weighted by atomic mass is 15.6. The van der Waals surface area contributed by atoms with Crippen molar-refractivity contribution < 1.29 is 0 Å². The van der Waals surface area contributed by atoms with Gasteiger partial charge in [-0.25, -0.2) is 4.68 Å². The second-order valence-electron chi connectivity index (χ2n) is 6.59. The van der Waals surface area contributed by atoms with Gasteiger partial charge in [-0.15, -0.1) is 5.10 Å². The van der Waals surface area contributed by atoms with E-state index in [-0.39, 0.29) is 0 Å². The summed E-state index contributed by atoms with van der Waals surface area (Å²) in [7, 11) is 0. The Kier molecular flexibility index (Phi) is 3.09. The SMILES string of the molecule is CC1(C)CCC(n2nnnc2CNC2CC2)CC1. The van der Waals surface area contributed by atoms with Crippen molar-refractivity contribution in [3.8, 4) is 0 Å². The summed E-state index contributed by atoms with van der Waals surface area (Å²) in [4.78, 5) is 0. The second-order valence-corrected chi connectivity index (χ2v) is 6.59. The third-order valence-corrected chi connectivity index (χ3v) is 4.34. The van der Waals surface area contributed by atoms with Crippen LogP contribution in [0.3, 0.4) is 0 Å². The number of tetrazole rings is 1. The van der Waals surface area contributed by atoms with Crippen molar-refractivity contribution >= 4 is 0 Å². The molecular formula is C13H23N5. The molecule has 0 atom stereocenters. The highest BCUT2D eigenvalue weighted by Gasteiger charge is 2.30. The summed E-state index contributed by atoms with van der Waals surface area (Å²) in [5, 5.41) is 15.7. The van der Waals surface area contributed by atoms with E-state index in [0.717, 1.165) is 12.4 Å². The minimum Gasteiger partial charge on any atom is -0.307 e. The highest BCUT2D eigenvalue weighted by molar-refractivity contribution is 4.90. The molecule has 2 aliphatic rings. The summed E-state index contributed by atoms with van der Waals surface area (Å²) in [5.41, 5.74) is 0.497. The van der Waals surface area contributed by atoms with E-state index in [1.807, 2.05) is 0 Å². The minimum atomic E-state index is 0.497. The highest BCUT2D eigenvalue weighted by Crippen LogP contribution is 2.39. The molecule has 1 N–H and O–H groups in total. The van der Waals surface area contributed by atoms with E-state index in [0.29, 0.717) is 17.5 Å². The van der Waals surface area contributed by atoms with Crippen LogP contribution in [-0.4, -0.2) is 26.2 Å². The van der Waals surface area contributed by atoms with Crippen LogP contribution in [-0.2, 0) is 6.54 Å². The molecule has 0 amide bonds. The Morgan fingerprint density at radius 2 is 1.94 bits per heavy atom. The van der Waals surface area contributed by atoms with Gasteiger partial charge in [-0.05, 0) is 54.4 Å². The molecule has 0 radical (unpaired) electrons. The standard InChI is InChI=1S/C13H23N5/c1-13(2)7-5-11(6-8-13)18-12(15-16-17-18)9-14-10-3-4-10/h10-11,14H,3-9H2,1-2H3. The van der Waals surface area contributed by atoms with Crippen LogP contribution >= 0.6 is 0 Å². The Morgan fingerprint density at radius 3 is 2.61 bits per heavy atom. The molecule has 0 spiro atoms. The first-order chi connectivity index (χ1) is 8.64. The molecule has 0 unspecified atom stereocenters. The van der Waals surface area contributed by atoms with Crippen LogP contribution in [0, 0.1) is 5.41 Å². The summed E-state index contributed by atoms with van der Waals surface area (Å²) < 4.78 is 2.06. The van der Waals surface area contributed by atoms with Gasteiger partial charge in [-0.2, -0.15) is 0 Å². The van der Waals surface area contributed by atoms with Gasteiger partial charge in [0.1, 0.15) is 0 Å². The first-order valence-corrected chi connectivity index (χ1v) is 7.14. The predicted molar refractivity (Wildman–Crippen MR) is 69.0 cm³/mol. The second kappa shape index (κ2) is 4.61. The fourth-order valence-corrected chi connectivity index (χ4v) is 2.76. The smallest absolute Gasteiger partial charge is 0.165 e. The van der Waals surface area contributed by atoms with Gasteiger partial charge < -0.3 is 5.32 Å². The van der Waals surface area contributed by atoms with Crippen LogP contribution in [0.4, 0.5) is 0 Å². The van der Waals surface area contributed by atoms with E-state index < -0.39 is 0 Å². The van der Waals surface area contributed by atoms with Gasteiger partial charge in [0.2, 0.25) is 0 Å². The van der Waals surface area contributed by atoms with Gasteiger partial charge in [-0.3, -0.25) is 0 Å². The van der Waals surface area contributed by atoms with Crippen LogP contribution in [0.5, 0.6) is 0 Å². The Hall–Kier alpha value is -0.970. The number of hydrogen-bond donors (Lipinski definition) is 1. The van der Waals surface area contributed by atoms with Gasteiger partial charge in [-0.1, -0.05) is 13.8 Å². The molecule has 3 rings (SSSR count). The minimum absolute atomic E-state index is 0.497. The summed E-state index contributed by atoms with van der Waals surface area (Å²) in [5.74, 6) is 1.01. The number of nitrogens with one attached hydrogen (secondary N) is 1. The quantitative estimate of drug-likeness (QED) is 0.887. The predicted octanol–water partition coefficient (Wildman–Crippen LogP) is 2.07. The van der Waals surface area contributed by atoms with E-state index in [2.05, 4.69) is 39.4 Å². The first kappa shape index (κ1) is 12.1. The number of nitrogens with zero attached hydrogens (tertiary/aromatic N) is 4. The fraction of sp³-hybridized carbons (Fsp3) is 0.923. The van der Waals surface area contributed by atoms with Gasteiger partial charge in [0, 0.05) is 6.04 Å². The van der Waals surface area contributed by atoms with Crippen LogP contribution < -0.4 is 5.32 Å². The largest absolute Gasteiger partial charge is 0.307 e. The van der Waals surface area contributed by atoms with Crippen molar-refractivity contribution in [2.24, 2.45) is 5.41 Å². The zero-order valence-corrected chi connectivity index (χ0v) is 11.4. The molecular weight excluding hydrogens is 226 g/mol. The summed E-state index contributed by atoms with van der Waals surface area (Å²) >= 11 is 0. The molecule has 1 aromatic rings. The number of hydrogen-bond acceptors (Lipinski definition) is 4. The summed E-state index contributed by atoms with van der Waals surface area (Å²) in [6.07, 6.45) is 7.56. The molecule has 0 bridgehead atoms. The topological polar surface area (TPSA) is 55.6 Å². The molecule has 2 aliphatic carbocycles. The van der Waals surface area contributed by atoms with Crippen molar-refractivity contribution in [3.05, 3.63) is 5.82 Å². The number of aromatic nitrogens is 4. The van der Waals surface area contributed by atoms with E-state index in [1.165, 1.54) is 38.5 Å². The number of rotatable bonds is 4. The first-order valence-electron chi connectivity index (χ1n) is 7.14. The maximum absolute atomic E-state index is 4.20. The zero-order chi connectivity index (χ0) is 12.6. The molecule has 18 heavy (non-hydrogen) atoms. The van der Waals surface area contributed by atoms with Gasteiger partial charge in [0.25, 0.3) is 0 Å². The van der Waals surface area contributed by atoms with Crippen molar-refractivity contribution in [1.82, 2.24) is 25.5 Å².